The molecular weight excluding hydrogens is 564 g/mol. The summed E-state index contributed by atoms with van der Waals surface area (Å²) in [6, 6.07) is 13.0. The highest BCUT2D eigenvalue weighted by Gasteiger charge is 2.32. The maximum Gasteiger partial charge on any atom is 0.227 e. The van der Waals surface area contributed by atoms with Crippen LogP contribution in [-0.4, -0.2) is 19.5 Å². The van der Waals surface area contributed by atoms with Gasteiger partial charge in [0.25, 0.3) is 0 Å². The lowest BCUT2D eigenvalue weighted by molar-refractivity contribution is 0.334. The van der Waals surface area contributed by atoms with Crippen molar-refractivity contribution in [2.45, 2.75) is 112 Å². The average molecular weight is 611 g/mol. The van der Waals surface area contributed by atoms with Crippen molar-refractivity contribution in [3.8, 4) is 17.1 Å². The maximum atomic E-state index is 6.75. The number of para-hydroxylation sites is 1. The Kier molecular flexibility index (Phi) is 6.90. The molecule has 0 radical (unpaired) electrons. The molecule has 6 aromatic rings. The van der Waals surface area contributed by atoms with Crippen molar-refractivity contribution in [1.29, 1.82) is 0 Å². The molecule has 0 bridgehead atoms. The first-order chi connectivity index (χ1) is 22.1. The van der Waals surface area contributed by atoms with Crippen LogP contribution in [0.3, 0.4) is 0 Å². The number of fused-ring (bicyclic) bond motifs is 7. The van der Waals surface area contributed by atoms with E-state index in [1.807, 2.05) is 6.20 Å². The first kappa shape index (κ1) is 29.4. The molecule has 2 aliphatic carbocycles. The van der Waals surface area contributed by atoms with Crippen LogP contribution in [0.4, 0.5) is 0 Å². The Hall–Kier alpha value is -3.99. The molecule has 0 N–H and O–H groups in total. The molecule has 1 unspecified atom stereocenters. The Morgan fingerprint density at radius 2 is 1.50 bits per heavy atom. The predicted molar refractivity (Wildman–Crippen MR) is 189 cm³/mol. The molecule has 0 saturated carbocycles. The summed E-state index contributed by atoms with van der Waals surface area (Å²) in [4.78, 5) is 15.3. The molecule has 2 aromatic carbocycles. The van der Waals surface area contributed by atoms with E-state index in [4.69, 9.17) is 19.4 Å². The summed E-state index contributed by atoms with van der Waals surface area (Å²) in [7, 11) is 0. The van der Waals surface area contributed by atoms with Gasteiger partial charge in [-0.15, -0.1) is 0 Å². The number of hydrogen-bond donors (Lipinski definition) is 0. The Balaban J connectivity index is 1.45. The number of benzene rings is 2. The molecular formula is C41H46N4O. The smallest absolute Gasteiger partial charge is 0.227 e. The molecule has 5 heteroatoms. The Labute approximate surface area is 272 Å². The fraction of sp³-hybridized carbons (Fsp3) is 0.439. The fourth-order valence-electron chi connectivity index (χ4n) is 8.26. The lowest BCUT2D eigenvalue weighted by Crippen LogP contribution is -2.20. The van der Waals surface area contributed by atoms with Crippen LogP contribution in [0.5, 0.6) is 0 Å². The van der Waals surface area contributed by atoms with Gasteiger partial charge in [0.1, 0.15) is 11.4 Å². The number of imidazole rings is 1. The van der Waals surface area contributed by atoms with Crippen molar-refractivity contribution in [2.75, 3.05) is 0 Å². The van der Waals surface area contributed by atoms with Gasteiger partial charge in [0, 0.05) is 28.1 Å². The van der Waals surface area contributed by atoms with E-state index < -0.39 is 0 Å². The first-order valence-electron chi connectivity index (χ1n) is 17.5. The van der Waals surface area contributed by atoms with E-state index >= 15 is 0 Å². The minimum absolute atomic E-state index is 0.108. The van der Waals surface area contributed by atoms with Crippen molar-refractivity contribution in [3.63, 3.8) is 0 Å². The van der Waals surface area contributed by atoms with Crippen molar-refractivity contribution in [2.24, 2.45) is 5.41 Å². The Morgan fingerprint density at radius 3 is 2.22 bits per heavy atom. The monoisotopic (exact) mass is 610 g/mol. The minimum atomic E-state index is 0.108. The SMILES string of the molecule is Cc1cc2nc(-c3cccc4c3oc3nc(C(C)C(C)(C)C)ccc34)n(-c3c4c(c5c(c3C(C)C)CCCC5)CCCC4)c2cn1. The Morgan fingerprint density at radius 1 is 0.804 bits per heavy atom. The first-order valence-corrected chi connectivity index (χ1v) is 17.5. The van der Waals surface area contributed by atoms with E-state index in [0.717, 1.165) is 56.6 Å². The highest BCUT2D eigenvalue weighted by molar-refractivity contribution is 6.08. The highest BCUT2D eigenvalue weighted by Crippen LogP contribution is 2.46. The van der Waals surface area contributed by atoms with Gasteiger partial charge in [0.15, 0.2) is 0 Å². The van der Waals surface area contributed by atoms with Gasteiger partial charge in [0.2, 0.25) is 5.71 Å². The molecule has 4 heterocycles. The van der Waals surface area contributed by atoms with Crippen molar-refractivity contribution < 1.29 is 4.42 Å². The second-order valence-electron chi connectivity index (χ2n) is 15.3. The van der Waals surface area contributed by atoms with Gasteiger partial charge in [-0.05, 0) is 122 Å². The van der Waals surface area contributed by atoms with Crippen molar-refractivity contribution in [1.82, 2.24) is 19.5 Å². The zero-order valence-electron chi connectivity index (χ0n) is 28.6. The largest absolute Gasteiger partial charge is 0.437 e. The number of hydrogen-bond acceptors (Lipinski definition) is 4. The van der Waals surface area contributed by atoms with Gasteiger partial charge in [-0.2, -0.15) is 0 Å². The molecule has 46 heavy (non-hydrogen) atoms. The lowest BCUT2D eigenvalue weighted by atomic mass is 9.75. The van der Waals surface area contributed by atoms with E-state index in [2.05, 4.69) is 89.4 Å². The third kappa shape index (κ3) is 4.52. The molecule has 4 aromatic heterocycles. The van der Waals surface area contributed by atoms with E-state index in [0.29, 0.717) is 17.5 Å². The quantitative estimate of drug-likeness (QED) is 0.199. The van der Waals surface area contributed by atoms with E-state index in [1.54, 1.807) is 16.7 Å². The third-order valence-corrected chi connectivity index (χ3v) is 11.0. The summed E-state index contributed by atoms with van der Waals surface area (Å²) in [6.45, 7) is 15.9. The molecule has 2 aliphatic rings. The number of pyridine rings is 2. The van der Waals surface area contributed by atoms with Crippen molar-refractivity contribution >= 4 is 33.1 Å². The predicted octanol–water partition coefficient (Wildman–Crippen LogP) is 10.7. The minimum Gasteiger partial charge on any atom is -0.437 e. The summed E-state index contributed by atoms with van der Waals surface area (Å²) in [5.41, 5.74) is 16.1. The highest BCUT2D eigenvalue weighted by atomic mass is 16.3. The second kappa shape index (κ2) is 10.8. The molecule has 5 nitrogen and oxygen atoms in total. The van der Waals surface area contributed by atoms with Crippen LogP contribution >= 0.6 is 0 Å². The average Bonchev–Trinajstić information content (AvgIpc) is 3.60. The number of furan rings is 1. The fourth-order valence-corrected chi connectivity index (χ4v) is 8.26. The van der Waals surface area contributed by atoms with E-state index in [-0.39, 0.29) is 5.41 Å². The zero-order valence-corrected chi connectivity index (χ0v) is 28.6. The van der Waals surface area contributed by atoms with Gasteiger partial charge in [-0.25, -0.2) is 9.97 Å². The number of aromatic nitrogens is 4. The summed E-state index contributed by atoms with van der Waals surface area (Å²) in [6.07, 6.45) is 11.8. The van der Waals surface area contributed by atoms with Gasteiger partial charge in [-0.3, -0.25) is 9.55 Å². The second-order valence-corrected chi connectivity index (χ2v) is 15.3. The standard InChI is InChI=1S/C41H46N4O/c1-23(2)36-28-15-10-8-13-26(28)27-14-9-11-16-29(27)37(36)45-35-22-42-24(3)21-34(35)43-39(45)32-18-12-17-30-31-19-20-33(25(4)41(5,6)7)44-40(31)46-38(30)32/h12,17-23,25H,8-11,13-16H2,1-7H3. The molecule has 0 spiro atoms. The number of aryl methyl sites for hydroxylation is 1. The maximum absolute atomic E-state index is 6.75. The van der Waals surface area contributed by atoms with Crippen molar-refractivity contribution in [3.05, 3.63) is 81.8 Å². The van der Waals surface area contributed by atoms with Crippen LogP contribution in [0.15, 0.2) is 47.0 Å². The molecule has 8 rings (SSSR count). The summed E-state index contributed by atoms with van der Waals surface area (Å²) >= 11 is 0. The zero-order chi connectivity index (χ0) is 31.9. The Bertz CT molecular complexity index is 2160. The lowest BCUT2D eigenvalue weighted by Gasteiger charge is -2.33. The van der Waals surface area contributed by atoms with Gasteiger partial charge in [0.05, 0.1) is 28.5 Å². The molecule has 236 valence electrons. The third-order valence-electron chi connectivity index (χ3n) is 11.0. The molecule has 0 fully saturated rings. The molecule has 0 saturated heterocycles. The van der Waals surface area contributed by atoms with Gasteiger partial charge < -0.3 is 4.42 Å². The van der Waals surface area contributed by atoms with Crippen LogP contribution in [0, 0.1) is 12.3 Å². The summed E-state index contributed by atoms with van der Waals surface area (Å²) < 4.78 is 9.22. The molecule has 0 amide bonds. The summed E-state index contributed by atoms with van der Waals surface area (Å²) in [5, 5.41) is 2.13. The van der Waals surface area contributed by atoms with Gasteiger partial charge in [-0.1, -0.05) is 53.7 Å². The van der Waals surface area contributed by atoms with Crippen LogP contribution in [-0.2, 0) is 25.7 Å². The molecule has 0 aliphatic heterocycles. The molecule has 1 atom stereocenters. The van der Waals surface area contributed by atoms with E-state index in [1.165, 1.54) is 61.8 Å². The van der Waals surface area contributed by atoms with E-state index in [9.17, 15) is 0 Å². The van der Waals surface area contributed by atoms with Crippen LogP contribution in [0.25, 0.3) is 50.2 Å². The summed E-state index contributed by atoms with van der Waals surface area (Å²) in [5.74, 6) is 1.63. The van der Waals surface area contributed by atoms with Crippen LogP contribution in [0.2, 0.25) is 0 Å². The van der Waals surface area contributed by atoms with Crippen LogP contribution < -0.4 is 0 Å². The topological polar surface area (TPSA) is 56.7 Å². The van der Waals surface area contributed by atoms with Gasteiger partial charge >= 0.3 is 0 Å². The number of rotatable bonds is 4. The number of nitrogens with zero attached hydrogens (tertiary/aromatic N) is 4. The normalized spacial score (nSPS) is 16.0. The van der Waals surface area contributed by atoms with Crippen LogP contribution in [0.1, 0.15) is 118 Å².